The van der Waals surface area contributed by atoms with Crippen LogP contribution < -0.4 is 5.32 Å². The minimum Gasteiger partial charge on any atom is -0.338 e. The quantitative estimate of drug-likeness (QED) is 0.821. The van der Waals surface area contributed by atoms with Gasteiger partial charge < -0.3 is 10.2 Å². The van der Waals surface area contributed by atoms with Gasteiger partial charge in [0.1, 0.15) is 5.52 Å². The van der Waals surface area contributed by atoms with Gasteiger partial charge in [0.15, 0.2) is 0 Å². The van der Waals surface area contributed by atoms with E-state index in [9.17, 15) is 4.79 Å². The highest BCUT2D eigenvalue weighted by Gasteiger charge is 2.38. The van der Waals surface area contributed by atoms with Crippen LogP contribution in [0.4, 0.5) is 0 Å². The van der Waals surface area contributed by atoms with Crippen LogP contribution in [-0.2, 0) is 0 Å². The summed E-state index contributed by atoms with van der Waals surface area (Å²) in [6.07, 6.45) is 0. The maximum absolute atomic E-state index is 12.5. The van der Waals surface area contributed by atoms with Gasteiger partial charge in [-0.25, -0.2) is 0 Å². The third-order valence-electron chi connectivity index (χ3n) is 4.25. The molecule has 6 nitrogen and oxygen atoms in total. The number of likely N-dealkylation sites (tertiary alicyclic amines) is 1. The van der Waals surface area contributed by atoms with Crippen molar-refractivity contribution < 1.29 is 4.79 Å². The highest BCUT2D eigenvalue weighted by atomic mass is 35.5. The number of rotatable bonds is 1. The fraction of sp³-hybridized carbons (Fsp3) is 0.462. The van der Waals surface area contributed by atoms with Gasteiger partial charge in [-0.2, -0.15) is 0 Å². The average Bonchev–Trinajstić information content (AvgIpc) is 3.11. The number of amides is 1. The van der Waals surface area contributed by atoms with E-state index in [2.05, 4.69) is 20.7 Å². The summed E-state index contributed by atoms with van der Waals surface area (Å²) in [7, 11) is 0. The molecule has 0 spiro atoms. The molecule has 0 unspecified atom stereocenters. The Morgan fingerprint density at radius 3 is 2.62 bits per heavy atom. The maximum atomic E-state index is 12.5. The molecule has 0 radical (unpaired) electrons. The topological polar surface area (TPSA) is 73.9 Å². The van der Waals surface area contributed by atoms with Crippen molar-refractivity contribution in [3.8, 4) is 0 Å². The number of aromatic amines is 1. The van der Waals surface area contributed by atoms with Gasteiger partial charge in [-0.1, -0.05) is 5.21 Å². The first kappa shape index (κ1) is 16.0. The van der Waals surface area contributed by atoms with Crippen LogP contribution in [0.1, 0.15) is 10.4 Å². The number of hydrogen-bond donors (Lipinski definition) is 2. The van der Waals surface area contributed by atoms with Gasteiger partial charge in [0.2, 0.25) is 0 Å². The molecular formula is C13H17Cl2N5O. The SMILES string of the molecule is Cl.Cl.O=C(c1ccc2[nH]nnc2c1)N1C[C@@H]2CNC[C@H]2C1. The second-order valence-electron chi connectivity index (χ2n) is 5.43. The molecule has 2 aliphatic heterocycles. The normalized spacial score (nSPS) is 23.5. The van der Waals surface area contributed by atoms with Crippen molar-refractivity contribution in [1.82, 2.24) is 25.6 Å². The first-order chi connectivity index (χ1) is 9.31. The van der Waals surface area contributed by atoms with E-state index >= 15 is 0 Å². The van der Waals surface area contributed by atoms with Crippen molar-refractivity contribution >= 4 is 41.8 Å². The van der Waals surface area contributed by atoms with Crippen molar-refractivity contribution in [3.63, 3.8) is 0 Å². The number of nitrogens with zero attached hydrogens (tertiary/aromatic N) is 3. The summed E-state index contributed by atoms with van der Waals surface area (Å²) in [6, 6.07) is 5.52. The lowest BCUT2D eigenvalue weighted by atomic mass is 10.0. The highest BCUT2D eigenvalue weighted by Crippen LogP contribution is 2.27. The molecule has 2 N–H and O–H groups in total. The lowest BCUT2D eigenvalue weighted by molar-refractivity contribution is 0.0782. The van der Waals surface area contributed by atoms with Crippen LogP contribution in [0.3, 0.4) is 0 Å². The zero-order valence-electron chi connectivity index (χ0n) is 11.3. The predicted octanol–water partition coefficient (Wildman–Crippen LogP) is 1.09. The van der Waals surface area contributed by atoms with Crippen LogP contribution in [0, 0.1) is 11.8 Å². The van der Waals surface area contributed by atoms with Crippen molar-refractivity contribution in [2.45, 2.75) is 0 Å². The Balaban J connectivity index is 0.000000807. The van der Waals surface area contributed by atoms with Crippen molar-refractivity contribution in [1.29, 1.82) is 0 Å². The van der Waals surface area contributed by atoms with E-state index in [1.807, 2.05) is 23.1 Å². The molecule has 8 heteroatoms. The largest absolute Gasteiger partial charge is 0.338 e. The lowest BCUT2D eigenvalue weighted by Crippen LogP contribution is -2.31. The van der Waals surface area contributed by atoms with Gasteiger partial charge in [0, 0.05) is 31.7 Å². The van der Waals surface area contributed by atoms with E-state index in [-0.39, 0.29) is 30.7 Å². The smallest absolute Gasteiger partial charge is 0.253 e. The van der Waals surface area contributed by atoms with Gasteiger partial charge in [-0.15, -0.1) is 29.9 Å². The number of nitrogens with one attached hydrogen (secondary N) is 2. The molecule has 3 heterocycles. The average molecular weight is 330 g/mol. The Morgan fingerprint density at radius 1 is 1.19 bits per heavy atom. The molecule has 114 valence electrons. The summed E-state index contributed by atoms with van der Waals surface area (Å²) in [6.45, 7) is 3.81. The van der Waals surface area contributed by atoms with Crippen LogP contribution in [0.15, 0.2) is 18.2 Å². The minimum atomic E-state index is 0. The maximum Gasteiger partial charge on any atom is 0.253 e. The van der Waals surface area contributed by atoms with E-state index in [0.717, 1.165) is 37.2 Å². The number of carbonyl (C=O) groups excluding carboxylic acids is 1. The minimum absolute atomic E-state index is 0. The summed E-state index contributed by atoms with van der Waals surface area (Å²) in [5, 5.41) is 13.9. The molecule has 2 aliphatic rings. The van der Waals surface area contributed by atoms with Crippen molar-refractivity contribution in [3.05, 3.63) is 23.8 Å². The van der Waals surface area contributed by atoms with Crippen LogP contribution >= 0.6 is 24.8 Å². The van der Waals surface area contributed by atoms with Gasteiger partial charge in [-0.05, 0) is 30.0 Å². The fourth-order valence-electron chi connectivity index (χ4n) is 3.18. The van der Waals surface area contributed by atoms with Gasteiger partial charge in [0.25, 0.3) is 5.91 Å². The molecule has 0 bridgehead atoms. The molecule has 2 atom stereocenters. The first-order valence-corrected chi connectivity index (χ1v) is 6.62. The van der Waals surface area contributed by atoms with E-state index in [4.69, 9.17) is 0 Å². The molecule has 1 aromatic heterocycles. The predicted molar refractivity (Wildman–Crippen MR) is 84.1 cm³/mol. The van der Waals surface area contributed by atoms with E-state index in [1.165, 1.54) is 0 Å². The van der Waals surface area contributed by atoms with Crippen LogP contribution in [0.25, 0.3) is 11.0 Å². The van der Waals surface area contributed by atoms with E-state index in [1.54, 1.807) is 0 Å². The Labute approximate surface area is 134 Å². The van der Waals surface area contributed by atoms with Crippen LogP contribution in [0.5, 0.6) is 0 Å². The highest BCUT2D eigenvalue weighted by molar-refractivity contribution is 5.97. The Bertz CT molecular complexity index is 634. The number of fused-ring (bicyclic) bond motifs is 2. The molecule has 2 aromatic rings. The molecule has 2 fully saturated rings. The number of H-pyrrole nitrogens is 1. The number of hydrogen-bond acceptors (Lipinski definition) is 4. The molecule has 1 amide bonds. The molecule has 4 rings (SSSR count). The van der Waals surface area contributed by atoms with Gasteiger partial charge in [-0.3, -0.25) is 9.89 Å². The summed E-state index contributed by atoms with van der Waals surface area (Å²) >= 11 is 0. The van der Waals surface area contributed by atoms with Crippen molar-refractivity contribution in [2.75, 3.05) is 26.2 Å². The third-order valence-corrected chi connectivity index (χ3v) is 4.25. The standard InChI is InChI=1S/C13H15N5O.2ClH/c19-13(18-6-9-4-14-5-10(9)7-18)8-1-2-11-12(3-8)16-17-15-11;;/h1-3,9-10,14H,4-7H2,(H,15,16,17);2*1H/t9-,10-;;/m0../s1. The molecule has 0 saturated carbocycles. The number of carbonyl (C=O) groups is 1. The monoisotopic (exact) mass is 329 g/mol. The summed E-state index contributed by atoms with van der Waals surface area (Å²) in [5.41, 5.74) is 2.31. The second kappa shape index (κ2) is 6.17. The Kier molecular flexibility index (Phi) is 4.70. The number of benzene rings is 1. The third kappa shape index (κ3) is 2.71. The van der Waals surface area contributed by atoms with Crippen molar-refractivity contribution in [2.24, 2.45) is 11.8 Å². The zero-order chi connectivity index (χ0) is 12.8. The van der Waals surface area contributed by atoms with Crippen LogP contribution in [0.2, 0.25) is 0 Å². The second-order valence-corrected chi connectivity index (χ2v) is 5.43. The molecule has 21 heavy (non-hydrogen) atoms. The summed E-state index contributed by atoms with van der Waals surface area (Å²) < 4.78 is 0. The summed E-state index contributed by atoms with van der Waals surface area (Å²) in [4.78, 5) is 14.5. The van der Waals surface area contributed by atoms with Gasteiger partial charge in [0.05, 0.1) is 5.52 Å². The van der Waals surface area contributed by atoms with E-state index < -0.39 is 0 Å². The molecule has 0 aliphatic carbocycles. The zero-order valence-corrected chi connectivity index (χ0v) is 12.9. The van der Waals surface area contributed by atoms with Gasteiger partial charge >= 0.3 is 0 Å². The Morgan fingerprint density at radius 2 is 1.90 bits per heavy atom. The van der Waals surface area contributed by atoms with Crippen LogP contribution in [-0.4, -0.2) is 52.4 Å². The Hall–Kier alpha value is -1.37. The lowest BCUT2D eigenvalue weighted by Gasteiger charge is -2.17. The van der Waals surface area contributed by atoms with E-state index in [0.29, 0.717) is 17.4 Å². The summed E-state index contributed by atoms with van der Waals surface area (Å²) in [5.74, 6) is 1.36. The molecule has 1 aromatic carbocycles. The first-order valence-electron chi connectivity index (χ1n) is 6.62. The number of halogens is 2. The molecule has 2 saturated heterocycles. The number of aromatic nitrogens is 3. The molecular weight excluding hydrogens is 313 g/mol. The fourth-order valence-corrected chi connectivity index (χ4v) is 3.18.